The van der Waals surface area contributed by atoms with Gasteiger partial charge in [-0.25, -0.2) is 0 Å². The normalized spacial score (nSPS) is 19.9. The number of hydrogen-bond donors (Lipinski definition) is 0. The van der Waals surface area contributed by atoms with Crippen molar-refractivity contribution < 1.29 is 4.74 Å². The van der Waals surface area contributed by atoms with Crippen LogP contribution in [0.25, 0.3) is 0 Å². The van der Waals surface area contributed by atoms with Crippen molar-refractivity contribution in [3.8, 4) is 0 Å². The third-order valence-electron chi connectivity index (χ3n) is 5.74. The summed E-state index contributed by atoms with van der Waals surface area (Å²) >= 11 is -2.06. The second-order valence-electron chi connectivity index (χ2n) is 7.36. The Kier molecular flexibility index (Phi) is 11.5. The monoisotopic (exact) mass is 419 g/mol. The van der Waals surface area contributed by atoms with Gasteiger partial charge >= 0.3 is 144 Å². The zero-order chi connectivity index (χ0) is 16.3. The molecule has 1 rings (SSSR count). The molecule has 0 aromatic heterocycles. The van der Waals surface area contributed by atoms with Crippen molar-refractivity contribution in [2.24, 2.45) is 0 Å². The summed E-state index contributed by atoms with van der Waals surface area (Å²) in [6.07, 6.45) is 11.6. The van der Waals surface area contributed by atoms with Crippen LogP contribution in [0.3, 0.4) is 0 Å². The maximum absolute atomic E-state index is 5.39. The van der Waals surface area contributed by atoms with Crippen LogP contribution in [0.2, 0.25) is 13.3 Å². The predicted molar refractivity (Wildman–Crippen MR) is 101 cm³/mol. The Morgan fingerprint density at radius 3 is 1.95 bits per heavy atom. The first kappa shape index (κ1) is 20.8. The summed E-state index contributed by atoms with van der Waals surface area (Å²) in [5.74, 6) is 0. The molecule has 0 aliphatic carbocycles. The molecule has 1 unspecified atom stereocenters. The molecule has 0 radical (unpaired) electrons. The van der Waals surface area contributed by atoms with E-state index in [0.717, 1.165) is 10.7 Å². The summed E-state index contributed by atoms with van der Waals surface area (Å²) in [7, 11) is 1.85. The molecule has 0 N–H and O–H groups in total. The third-order valence-corrected chi connectivity index (χ3v) is 23.2. The molecule has 1 fully saturated rings. The van der Waals surface area contributed by atoms with Gasteiger partial charge in [0.1, 0.15) is 0 Å². The number of hydrogen-bond acceptors (Lipinski definition) is 2. The molecule has 3 heteroatoms. The Morgan fingerprint density at radius 2 is 1.50 bits per heavy atom. The summed E-state index contributed by atoms with van der Waals surface area (Å²) in [6.45, 7) is 10.6. The van der Waals surface area contributed by atoms with Gasteiger partial charge in [0.15, 0.2) is 0 Å². The van der Waals surface area contributed by atoms with Gasteiger partial charge in [0, 0.05) is 0 Å². The van der Waals surface area contributed by atoms with Gasteiger partial charge < -0.3 is 0 Å². The maximum atomic E-state index is 5.39. The van der Waals surface area contributed by atoms with Gasteiger partial charge in [-0.15, -0.1) is 0 Å². The van der Waals surface area contributed by atoms with E-state index in [1.165, 1.54) is 64.5 Å². The molecule has 0 aromatic carbocycles. The molecule has 2 nitrogen and oxygen atoms in total. The first-order valence-electron chi connectivity index (χ1n) is 9.97. The minimum atomic E-state index is -2.06. The Hall–Kier alpha value is 0.719. The third kappa shape index (κ3) is 6.31. The zero-order valence-electron chi connectivity index (χ0n) is 15.8. The van der Waals surface area contributed by atoms with Crippen LogP contribution in [-0.2, 0) is 4.74 Å². The number of nitrogens with zero attached hydrogens (tertiary/aromatic N) is 1. The van der Waals surface area contributed by atoms with Gasteiger partial charge in [-0.1, -0.05) is 0 Å². The molecule has 1 aliphatic heterocycles. The number of methoxy groups -OCH3 is 1. The molecule has 1 saturated heterocycles. The number of unbranched alkanes of at least 4 members (excludes halogenated alkanes) is 3. The van der Waals surface area contributed by atoms with Gasteiger partial charge in [-0.2, -0.15) is 0 Å². The molecule has 1 aliphatic rings. The second-order valence-corrected chi connectivity index (χ2v) is 21.3. The summed E-state index contributed by atoms with van der Waals surface area (Å²) in [5.41, 5.74) is 0. The Morgan fingerprint density at radius 1 is 0.955 bits per heavy atom. The number of rotatable bonds is 13. The fourth-order valence-electron chi connectivity index (χ4n) is 4.46. The molecule has 0 spiro atoms. The average Bonchev–Trinajstić information content (AvgIpc) is 3.01. The van der Waals surface area contributed by atoms with E-state index in [0.29, 0.717) is 0 Å². The molecule has 1 atom stereocenters. The fraction of sp³-hybridized carbons (Fsp3) is 1.00. The van der Waals surface area contributed by atoms with Crippen LogP contribution in [0.1, 0.15) is 72.1 Å². The van der Waals surface area contributed by atoms with Crippen molar-refractivity contribution in [1.82, 2.24) is 4.90 Å². The van der Waals surface area contributed by atoms with E-state index in [2.05, 4.69) is 25.7 Å². The van der Waals surface area contributed by atoms with Gasteiger partial charge in [0.05, 0.1) is 0 Å². The Labute approximate surface area is 144 Å². The molecule has 1 heterocycles. The van der Waals surface area contributed by atoms with Crippen LogP contribution < -0.4 is 0 Å². The van der Waals surface area contributed by atoms with E-state index >= 15 is 0 Å². The van der Waals surface area contributed by atoms with E-state index in [-0.39, 0.29) is 0 Å². The second kappa shape index (κ2) is 12.1. The Bertz CT molecular complexity index is 250. The zero-order valence-corrected chi connectivity index (χ0v) is 18.7. The predicted octanol–water partition coefficient (Wildman–Crippen LogP) is 5.49. The first-order chi connectivity index (χ1) is 10.7. The van der Waals surface area contributed by atoms with Crippen molar-refractivity contribution in [2.75, 3.05) is 26.8 Å². The van der Waals surface area contributed by atoms with Crippen molar-refractivity contribution in [3.05, 3.63) is 0 Å². The summed E-state index contributed by atoms with van der Waals surface area (Å²) in [6, 6.07) is 0. The van der Waals surface area contributed by atoms with Crippen LogP contribution in [0.15, 0.2) is 0 Å². The molecular weight excluding hydrogens is 377 g/mol. The molecule has 22 heavy (non-hydrogen) atoms. The van der Waals surface area contributed by atoms with E-state index < -0.39 is 18.4 Å². The molecule has 132 valence electrons. The van der Waals surface area contributed by atoms with Crippen LogP contribution in [0.5, 0.6) is 0 Å². The summed E-state index contributed by atoms with van der Waals surface area (Å²) in [4.78, 5) is 2.86. The van der Waals surface area contributed by atoms with Crippen LogP contribution in [0, 0.1) is 0 Å². The first-order valence-corrected chi connectivity index (χ1v) is 17.7. The molecule has 0 amide bonds. The quantitative estimate of drug-likeness (QED) is 0.367. The van der Waals surface area contributed by atoms with Gasteiger partial charge in [0.25, 0.3) is 0 Å². The molecule has 0 aromatic rings. The van der Waals surface area contributed by atoms with E-state index in [9.17, 15) is 0 Å². The van der Waals surface area contributed by atoms with Crippen molar-refractivity contribution in [3.63, 3.8) is 0 Å². The molecule has 0 bridgehead atoms. The minimum absolute atomic E-state index is 0.924. The van der Waals surface area contributed by atoms with Crippen LogP contribution in [0.4, 0.5) is 0 Å². The van der Waals surface area contributed by atoms with E-state index in [1.807, 2.05) is 7.11 Å². The molecule has 0 saturated carbocycles. The van der Waals surface area contributed by atoms with Crippen LogP contribution >= 0.6 is 0 Å². The SMILES string of the molecule is CCC[CH2][Sn]([CH2]CCC)([CH2]CCC)[CH]1CCCN1CCOC. The van der Waals surface area contributed by atoms with Gasteiger partial charge in [-0.05, 0) is 0 Å². The number of likely N-dealkylation sites (tertiary alicyclic amines) is 1. The average molecular weight is 418 g/mol. The summed E-state index contributed by atoms with van der Waals surface area (Å²) < 4.78 is 11.4. The van der Waals surface area contributed by atoms with Gasteiger partial charge in [0.2, 0.25) is 0 Å². The number of ether oxygens (including phenoxy) is 1. The van der Waals surface area contributed by atoms with Crippen molar-refractivity contribution in [2.45, 2.75) is 89.5 Å². The topological polar surface area (TPSA) is 12.5 Å². The van der Waals surface area contributed by atoms with E-state index in [1.54, 1.807) is 13.3 Å². The van der Waals surface area contributed by atoms with Crippen molar-refractivity contribution >= 4 is 18.4 Å². The van der Waals surface area contributed by atoms with Gasteiger partial charge in [-0.3, -0.25) is 0 Å². The van der Waals surface area contributed by atoms with Crippen LogP contribution in [-0.4, -0.2) is 54.1 Å². The standard InChI is InChI=1S/C7H14NO.3C4H9.Sn/c1-9-7-6-8-4-2-3-5-8;3*1-3-4-2;/h4H,2-3,5-7H2,1H3;3*1,3-4H2,2H3;. The molecular formula is C19H41NOSn. The van der Waals surface area contributed by atoms with Crippen molar-refractivity contribution in [1.29, 1.82) is 0 Å². The summed E-state index contributed by atoms with van der Waals surface area (Å²) in [5, 5.41) is 0. The van der Waals surface area contributed by atoms with E-state index in [4.69, 9.17) is 4.74 Å². The Balaban J connectivity index is 2.86. The fourth-order valence-corrected chi connectivity index (χ4v) is 23.8.